The van der Waals surface area contributed by atoms with E-state index in [1.165, 1.54) is 29.5 Å². The molecular formula is C27H38O3. The van der Waals surface area contributed by atoms with Crippen molar-refractivity contribution < 1.29 is 14.3 Å². The predicted molar refractivity (Wildman–Crippen MR) is 125 cm³/mol. The van der Waals surface area contributed by atoms with E-state index in [2.05, 4.69) is 26.8 Å². The fourth-order valence-electron chi connectivity index (χ4n) is 3.81. The highest BCUT2D eigenvalue weighted by Crippen LogP contribution is 2.31. The summed E-state index contributed by atoms with van der Waals surface area (Å²) in [6.45, 7) is 8.69. The van der Waals surface area contributed by atoms with Gasteiger partial charge in [0.05, 0.1) is 0 Å². The number of benzene rings is 2. The van der Waals surface area contributed by atoms with Gasteiger partial charge in [-0.3, -0.25) is 0 Å². The first-order valence-electron chi connectivity index (χ1n) is 11.8. The van der Waals surface area contributed by atoms with Gasteiger partial charge in [-0.15, -0.1) is 0 Å². The van der Waals surface area contributed by atoms with Crippen LogP contribution < -0.4 is 9.47 Å². The van der Waals surface area contributed by atoms with Gasteiger partial charge < -0.3 is 9.47 Å². The van der Waals surface area contributed by atoms with Crippen molar-refractivity contribution in [3.05, 3.63) is 58.7 Å². The third-order valence-corrected chi connectivity index (χ3v) is 5.59. The highest BCUT2D eigenvalue weighted by Gasteiger charge is 2.18. The average molecular weight is 411 g/mol. The molecule has 0 saturated heterocycles. The van der Waals surface area contributed by atoms with E-state index in [-0.39, 0.29) is 0 Å². The standard InChI is InChI=1S/C27H38O3/c1-5-9-14-22-19-20-26(24(17-11-7-3)23(22)16-10-6-2)30-27(28)29-25-18-13-12-15-21(25)8-4/h12-13,15,18-20H,5-11,14,16-17H2,1-4H3. The predicted octanol–water partition coefficient (Wildman–Crippen LogP) is 7.85. The maximum Gasteiger partial charge on any atom is 0.519 e. The molecule has 0 amide bonds. The first-order valence-corrected chi connectivity index (χ1v) is 11.8. The van der Waals surface area contributed by atoms with Crippen molar-refractivity contribution in [2.24, 2.45) is 0 Å². The van der Waals surface area contributed by atoms with Crippen LogP contribution in [0.1, 0.15) is 88.5 Å². The van der Waals surface area contributed by atoms with Crippen LogP contribution in [0.3, 0.4) is 0 Å². The Balaban J connectivity index is 2.30. The number of carbonyl (C=O) groups is 1. The van der Waals surface area contributed by atoms with Gasteiger partial charge in [-0.1, -0.05) is 71.2 Å². The van der Waals surface area contributed by atoms with Gasteiger partial charge >= 0.3 is 6.16 Å². The van der Waals surface area contributed by atoms with E-state index in [1.54, 1.807) is 0 Å². The monoisotopic (exact) mass is 410 g/mol. The van der Waals surface area contributed by atoms with Crippen LogP contribution in [0.25, 0.3) is 0 Å². The molecule has 2 aromatic rings. The molecular weight excluding hydrogens is 372 g/mol. The summed E-state index contributed by atoms with van der Waals surface area (Å²) in [5.74, 6) is 1.24. The lowest BCUT2D eigenvalue weighted by atomic mass is 9.90. The average Bonchev–Trinajstić information content (AvgIpc) is 2.76. The van der Waals surface area contributed by atoms with Crippen LogP contribution >= 0.6 is 0 Å². The lowest BCUT2D eigenvalue weighted by molar-refractivity contribution is 0.151. The summed E-state index contributed by atoms with van der Waals surface area (Å²) < 4.78 is 11.3. The summed E-state index contributed by atoms with van der Waals surface area (Å²) in [5.41, 5.74) is 4.99. The molecule has 0 N–H and O–H groups in total. The highest BCUT2D eigenvalue weighted by atomic mass is 16.7. The van der Waals surface area contributed by atoms with Crippen molar-refractivity contribution >= 4 is 6.16 Å². The Morgan fingerprint density at radius 1 is 0.667 bits per heavy atom. The van der Waals surface area contributed by atoms with Crippen LogP contribution in [0.2, 0.25) is 0 Å². The van der Waals surface area contributed by atoms with Crippen LogP contribution in [0.4, 0.5) is 4.79 Å². The molecule has 2 rings (SSSR count). The van der Waals surface area contributed by atoms with E-state index in [0.29, 0.717) is 11.5 Å². The molecule has 0 spiro atoms. The quantitative estimate of drug-likeness (QED) is 0.264. The van der Waals surface area contributed by atoms with E-state index < -0.39 is 6.16 Å². The maximum atomic E-state index is 12.6. The van der Waals surface area contributed by atoms with Crippen molar-refractivity contribution in [3.8, 4) is 11.5 Å². The second kappa shape index (κ2) is 13.1. The van der Waals surface area contributed by atoms with Crippen molar-refractivity contribution in [1.82, 2.24) is 0 Å². The Kier molecular flexibility index (Phi) is 10.5. The van der Waals surface area contributed by atoms with E-state index in [9.17, 15) is 4.79 Å². The van der Waals surface area contributed by atoms with E-state index in [4.69, 9.17) is 9.47 Å². The number of aryl methyl sites for hydroxylation is 2. The topological polar surface area (TPSA) is 35.5 Å². The van der Waals surface area contributed by atoms with Crippen LogP contribution in [0, 0.1) is 0 Å². The molecule has 0 fully saturated rings. The van der Waals surface area contributed by atoms with Gasteiger partial charge in [-0.25, -0.2) is 4.79 Å². The van der Waals surface area contributed by atoms with Gasteiger partial charge in [0, 0.05) is 0 Å². The van der Waals surface area contributed by atoms with Gasteiger partial charge in [0.15, 0.2) is 0 Å². The molecule has 0 radical (unpaired) electrons. The third kappa shape index (κ3) is 6.90. The molecule has 2 aromatic carbocycles. The molecule has 0 heterocycles. The normalized spacial score (nSPS) is 10.8. The van der Waals surface area contributed by atoms with Crippen LogP contribution in [0.5, 0.6) is 11.5 Å². The van der Waals surface area contributed by atoms with Crippen LogP contribution in [-0.2, 0) is 25.7 Å². The molecule has 3 heteroatoms. The zero-order valence-electron chi connectivity index (χ0n) is 19.3. The number of para-hydroxylation sites is 1. The number of rotatable bonds is 12. The van der Waals surface area contributed by atoms with Crippen LogP contribution in [0.15, 0.2) is 36.4 Å². The molecule has 0 atom stereocenters. The molecule has 3 nitrogen and oxygen atoms in total. The number of hydrogen-bond acceptors (Lipinski definition) is 3. The molecule has 0 aliphatic carbocycles. The minimum atomic E-state index is -0.656. The Hall–Kier alpha value is -2.29. The fraction of sp³-hybridized carbons (Fsp3) is 0.519. The summed E-state index contributed by atoms with van der Waals surface area (Å²) in [6.07, 6.45) is 10.1. The van der Waals surface area contributed by atoms with Crippen molar-refractivity contribution in [2.75, 3.05) is 0 Å². The Morgan fingerprint density at radius 2 is 1.27 bits per heavy atom. The first-order chi connectivity index (χ1) is 14.6. The summed E-state index contributed by atoms with van der Waals surface area (Å²) in [4.78, 5) is 12.6. The van der Waals surface area contributed by atoms with Gasteiger partial charge in [0.25, 0.3) is 0 Å². The van der Waals surface area contributed by atoms with Crippen molar-refractivity contribution in [1.29, 1.82) is 0 Å². The number of ether oxygens (including phenoxy) is 2. The largest absolute Gasteiger partial charge is 0.519 e. The SMILES string of the molecule is CCCCc1ccc(OC(=O)Oc2ccccc2CC)c(CCCC)c1CCCC. The first kappa shape index (κ1) is 24.0. The number of hydrogen-bond donors (Lipinski definition) is 0. The second-order valence-corrected chi connectivity index (χ2v) is 7.91. The maximum absolute atomic E-state index is 12.6. The van der Waals surface area contributed by atoms with Gasteiger partial charge in [0.2, 0.25) is 0 Å². The van der Waals surface area contributed by atoms with E-state index in [1.807, 2.05) is 37.3 Å². The molecule has 0 aliphatic heterocycles. The van der Waals surface area contributed by atoms with Gasteiger partial charge in [0.1, 0.15) is 11.5 Å². The van der Waals surface area contributed by atoms with Gasteiger partial charge in [-0.2, -0.15) is 0 Å². The van der Waals surface area contributed by atoms with E-state index >= 15 is 0 Å². The van der Waals surface area contributed by atoms with Crippen molar-refractivity contribution in [3.63, 3.8) is 0 Å². The smallest absolute Gasteiger partial charge is 0.394 e. The molecule has 0 aliphatic rings. The number of unbranched alkanes of at least 4 members (excludes halogenated alkanes) is 3. The zero-order chi connectivity index (χ0) is 21.8. The van der Waals surface area contributed by atoms with E-state index in [0.717, 1.165) is 56.9 Å². The Morgan fingerprint density at radius 3 is 1.93 bits per heavy atom. The summed E-state index contributed by atoms with van der Waals surface area (Å²) >= 11 is 0. The van der Waals surface area contributed by atoms with Gasteiger partial charge in [-0.05, 0) is 79.3 Å². The molecule has 0 saturated carbocycles. The Bertz CT molecular complexity index is 795. The minimum Gasteiger partial charge on any atom is -0.394 e. The molecule has 0 unspecified atom stereocenters. The summed E-state index contributed by atoms with van der Waals surface area (Å²) in [7, 11) is 0. The zero-order valence-corrected chi connectivity index (χ0v) is 19.3. The highest BCUT2D eigenvalue weighted by molar-refractivity contribution is 5.68. The summed E-state index contributed by atoms with van der Waals surface area (Å²) in [5, 5.41) is 0. The molecule has 0 bridgehead atoms. The lowest BCUT2D eigenvalue weighted by Gasteiger charge is -2.19. The second-order valence-electron chi connectivity index (χ2n) is 7.91. The number of carbonyl (C=O) groups excluding carboxylic acids is 1. The fourth-order valence-corrected chi connectivity index (χ4v) is 3.81. The molecule has 164 valence electrons. The Labute approximate surface area is 182 Å². The molecule has 30 heavy (non-hydrogen) atoms. The lowest BCUT2D eigenvalue weighted by Crippen LogP contribution is -2.16. The minimum absolute atomic E-state index is 0.575. The van der Waals surface area contributed by atoms with Crippen molar-refractivity contribution in [2.45, 2.75) is 91.9 Å². The molecule has 0 aromatic heterocycles. The van der Waals surface area contributed by atoms with Crippen LogP contribution in [-0.4, -0.2) is 6.16 Å². The third-order valence-electron chi connectivity index (χ3n) is 5.59. The summed E-state index contributed by atoms with van der Waals surface area (Å²) in [6, 6.07) is 11.7.